The summed E-state index contributed by atoms with van der Waals surface area (Å²) >= 11 is 0. The van der Waals surface area contributed by atoms with Gasteiger partial charge in [0.2, 0.25) is 0 Å². The van der Waals surface area contributed by atoms with Crippen LogP contribution in [0.2, 0.25) is 0 Å². The van der Waals surface area contributed by atoms with Gasteiger partial charge in [0.1, 0.15) is 57.5 Å². The molecular weight excluding hydrogens is 968 g/mol. The van der Waals surface area contributed by atoms with Gasteiger partial charge in [-0.25, -0.2) is 33.7 Å². The van der Waals surface area contributed by atoms with Crippen LogP contribution in [0, 0.1) is 10.1 Å². The summed E-state index contributed by atoms with van der Waals surface area (Å²) in [5, 5.41) is 43.5. The van der Waals surface area contributed by atoms with Crippen molar-refractivity contribution in [2.45, 2.75) is 19.6 Å². The molecule has 0 fully saturated rings. The Hall–Kier alpha value is -5.25. The van der Waals surface area contributed by atoms with Crippen LogP contribution in [0.4, 0.5) is 56.9 Å². The molecule has 0 heterocycles. The van der Waals surface area contributed by atoms with E-state index in [1.54, 1.807) is 0 Å². The number of rotatable bonds is 13. The van der Waals surface area contributed by atoms with E-state index in [-0.39, 0.29) is 115 Å². The summed E-state index contributed by atoms with van der Waals surface area (Å²) in [6, 6.07) is 15.5. The average molecular weight is 993 g/mol. The summed E-state index contributed by atoms with van der Waals surface area (Å²) in [4.78, 5) is 5.90. The minimum absolute atomic E-state index is 0. The van der Waals surface area contributed by atoms with Crippen molar-refractivity contribution in [3.05, 3.63) is 112 Å². The fraction of sp³-hybridized carbons (Fsp3) is 0. The molecule has 6 rings (SSSR count). The van der Waals surface area contributed by atoms with Gasteiger partial charge >= 0.3 is 75.4 Å². The minimum atomic E-state index is -5.65. The van der Waals surface area contributed by atoms with Crippen molar-refractivity contribution in [1.82, 2.24) is 0 Å². The van der Waals surface area contributed by atoms with Crippen LogP contribution in [0.5, 0.6) is 5.75 Å². The summed E-state index contributed by atoms with van der Waals surface area (Å²) < 4.78 is 148. The number of non-ortho nitro benzene ring substituents is 1. The molecule has 0 aliphatic carbocycles. The van der Waals surface area contributed by atoms with Crippen LogP contribution in [-0.4, -0.2) is 61.9 Å². The number of nitro groups is 1. The minimum Gasteiger partial charge on any atom is -0.744 e. The Labute approximate surface area is 439 Å². The van der Waals surface area contributed by atoms with Crippen LogP contribution < -0.4 is 92.6 Å². The number of hydrogen-bond acceptors (Lipinski definition) is 24. The Morgan fingerprint density at radius 2 is 0.928 bits per heavy atom. The van der Waals surface area contributed by atoms with Gasteiger partial charge in [0, 0.05) is 17.8 Å². The van der Waals surface area contributed by atoms with E-state index < -0.39 is 104 Å². The fourth-order valence-corrected chi connectivity index (χ4v) is 8.47. The van der Waals surface area contributed by atoms with E-state index in [0.29, 0.717) is 23.9 Å². The topological polar surface area (TPSA) is 444 Å². The summed E-state index contributed by atoms with van der Waals surface area (Å²) in [6.45, 7) is 0. The molecule has 0 aliphatic rings. The number of benzene rings is 6. The van der Waals surface area contributed by atoms with Gasteiger partial charge in [-0.05, 0) is 83.2 Å². The van der Waals surface area contributed by atoms with Crippen molar-refractivity contribution in [3.8, 4) is 5.75 Å². The SMILES string of the molecule is Nc1ccc(N=Nc2ccc(C=Cc3ccc(N=Nc4c(S(=O)(=O)[O-])cc5cc(S(=O)(=O)[O-])c(N=Nc6ccc([N+](=O)[O-])cc6)c(N)c5c4O)cc3S(=O)(=O)[O-])c(S(=O)(=O)[O-])c2)c(N)c1.[Li+].[Li+].[Li+].[Li+]. The molecule has 336 valence electrons. The van der Waals surface area contributed by atoms with E-state index in [1.807, 2.05) is 0 Å². The molecule has 6 aromatic carbocycles. The molecule has 7 N–H and O–H groups in total. The first kappa shape index (κ1) is 59.9. The molecule has 0 aliphatic heterocycles. The Kier molecular flexibility index (Phi) is 20.1. The van der Waals surface area contributed by atoms with Crippen LogP contribution in [0.25, 0.3) is 22.9 Å². The van der Waals surface area contributed by atoms with E-state index in [0.717, 1.165) is 60.7 Å². The van der Waals surface area contributed by atoms with Crippen LogP contribution in [0.1, 0.15) is 11.1 Å². The molecule has 0 saturated carbocycles. The third kappa shape index (κ3) is 14.2. The van der Waals surface area contributed by atoms with Gasteiger partial charge in [-0.2, -0.15) is 15.3 Å². The number of hydrogen-bond donors (Lipinski definition) is 4. The predicted octanol–water partition coefficient (Wildman–Crippen LogP) is -5.75. The second-order valence-corrected chi connectivity index (χ2v) is 18.5. The number of phenolic OH excluding ortho intramolecular Hbond substituents is 1. The zero-order valence-electron chi connectivity index (χ0n) is 36.0. The van der Waals surface area contributed by atoms with Crippen molar-refractivity contribution < 1.29 is 137 Å². The zero-order chi connectivity index (χ0) is 47.8. The second kappa shape index (κ2) is 23.1. The Morgan fingerprint density at radius 3 is 1.38 bits per heavy atom. The van der Waals surface area contributed by atoms with E-state index in [1.165, 1.54) is 24.3 Å². The smallest absolute Gasteiger partial charge is 0.744 e. The molecule has 0 bridgehead atoms. The quantitative estimate of drug-likeness (QED) is 0.0159. The Bertz CT molecular complexity index is 3590. The van der Waals surface area contributed by atoms with Gasteiger partial charge in [-0.3, -0.25) is 10.1 Å². The van der Waals surface area contributed by atoms with E-state index in [9.17, 15) is 67.1 Å². The summed E-state index contributed by atoms with van der Waals surface area (Å²) in [6.07, 6.45) is 1.94. The van der Waals surface area contributed by atoms with Crippen molar-refractivity contribution in [3.63, 3.8) is 0 Å². The van der Waals surface area contributed by atoms with Crippen LogP contribution in [0.3, 0.4) is 0 Å². The maximum atomic E-state index is 12.4. The molecular formula is C36H24Li4N10O15S4. The third-order valence-electron chi connectivity index (χ3n) is 8.74. The van der Waals surface area contributed by atoms with E-state index >= 15 is 0 Å². The van der Waals surface area contributed by atoms with E-state index in [4.69, 9.17) is 17.2 Å². The number of anilines is 3. The molecule has 0 atom stereocenters. The second-order valence-electron chi connectivity index (χ2n) is 13.1. The summed E-state index contributed by atoms with van der Waals surface area (Å²) in [5.41, 5.74) is 13.7. The number of phenols is 1. The molecule has 25 nitrogen and oxygen atoms in total. The molecule has 6 aromatic rings. The Morgan fingerprint density at radius 1 is 0.507 bits per heavy atom. The van der Waals surface area contributed by atoms with Crippen LogP contribution in [0.15, 0.2) is 141 Å². The van der Waals surface area contributed by atoms with Gasteiger partial charge in [0.05, 0.1) is 58.3 Å². The normalized spacial score (nSPS) is 12.2. The first-order valence-electron chi connectivity index (χ1n) is 17.3. The first-order chi connectivity index (χ1) is 30.2. The standard InChI is InChI=1S/C36H28N10O15S4.4Li/c37-21-5-12-27(26(38)15-21)43-41-23-6-3-18(28(16-23)62(50,51)52)1-2-19-4-7-24(17-29(19)63(53,54)55)42-45-35-31(65(59,60)61)14-20-13-30(64(56,57)58)34(33(39)32(20)36(35)47)44-40-22-8-10-25(11-9-22)46(48)49;;;;/h1-17,47H,37-39H2,(H,50,51,52)(H,53,54,55)(H,56,57,58)(H,59,60,61);;;;/q;4*+1/p-4. The largest absolute Gasteiger partial charge is 1.00 e. The van der Waals surface area contributed by atoms with Crippen molar-refractivity contribution in [2.75, 3.05) is 17.2 Å². The summed E-state index contributed by atoms with van der Waals surface area (Å²) in [5.74, 6) is -1.25. The molecule has 0 amide bonds. The maximum Gasteiger partial charge on any atom is 1.00 e. The number of nitrogens with two attached hydrogens (primary N) is 3. The van der Waals surface area contributed by atoms with Crippen molar-refractivity contribution in [1.29, 1.82) is 0 Å². The third-order valence-corrected chi connectivity index (χ3v) is 12.2. The monoisotopic (exact) mass is 992 g/mol. The zero-order valence-corrected chi connectivity index (χ0v) is 39.2. The van der Waals surface area contributed by atoms with Gasteiger partial charge in [0.15, 0.2) is 5.75 Å². The molecule has 0 radical (unpaired) electrons. The van der Waals surface area contributed by atoms with Crippen LogP contribution in [-0.2, 0) is 40.5 Å². The van der Waals surface area contributed by atoms with Gasteiger partial charge in [-0.1, -0.05) is 24.3 Å². The van der Waals surface area contributed by atoms with E-state index in [2.05, 4.69) is 30.7 Å². The van der Waals surface area contributed by atoms with Crippen molar-refractivity contribution >= 4 is 120 Å². The van der Waals surface area contributed by atoms with Gasteiger partial charge in [0.25, 0.3) is 5.69 Å². The number of nitro benzene ring substituents is 1. The average Bonchev–Trinajstić information content (AvgIpc) is 3.20. The first-order valence-corrected chi connectivity index (χ1v) is 22.9. The molecule has 0 aromatic heterocycles. The molecule has 69 heavy (non-hydrogen) atoms. The number of fused-ring (bicyclic) bond motifs is 1. The van der Waals surface area contributed by atoms with Crippen LogP contribution >= 0.6 is 0 Å². The molecule has 0 unspecified atom stereocenters. The summed E-state index contributed by atoms with van der Waals surface area (Å²) in [7, 11) is -21.8. The molecule has 0 spiro atoms. The number of nitrogen functional groups attached to an aromatic ring is 3. The number of nitrogens with zero attached hydrogens (tertiary/aromatic N) is 7. The van der Waals surface area contributed by atoms with Gasteiger partial charge < -0.3 is 40.5 Å². The fourth-order valence-electron chi connectivity index (χ4n) is 5.78. The predicted molar refractivity (Wildman–Crippen MR) is 225 cm³/mol. The Balaban J connectivity index is 0.00000408. The molecule has 33 heteroatoms. The number of azo groups is 3. The maximum absolute atomic E-state index is 12.4. The molecule has 0 saturated heterocycles. The van der Waals surface area contributed by atoms with Gasteiger partial charge in [-0.15, -0.1) is 15.3 Å². The van der Waals surface area contributed by atoms with Crippen molar-refractivity contribution in [2.24, 2.45) is 30.7 Å². The number of aromatic hydroxyl groups is 1.